The summed E-state index contributed by atoms with van der Waals surface area (Å²) in [4.78, 5) is 25.3. The number of halogens is 2. The summed E-state index contributed by atoms with van der Waals surface area (Å²) in [5.74, 6) is -1.16. The second kappa shape index (κ2) is 12.6. The standard InChI is InChI=1S/C26H24ClFN6O4S2/c1-33(2)40(37,38)20-12-10-17(11-13-20)25(36)29-15-23-31-32-26(34(23)19-7-5-6-18(27)14-19)39-16-24(35)30-22-9-4-3-8-21(22)28/h3-14H,15-16H2,1-2H3,(H,29,36)(H,30,35). The molecule has 0 saturated carbocycles. The number of aromatic nitrogens is 3. The summed E-state index contributed by atoms with van der Waals surface area (Å²) < 4.78 is 41.2. The van der Waals surface area contributed by atoms with Crippen LogP contribution in [0.15, 0.2) is 82.8 Å². The fraction of sp³-hybridized carbons (Fsp3) is 0.154. The zero-order chi connectivity index (χ0) is 28.9. The molecule has 208 valence electrons. The lowest BCUT2D eigenvalue weighted by molar-refractivity contribution is -0.113. The van der Waals surface area contributed by atoms with Crippen molar-refractivity contribution in [3.63, 3.8) is 0 Å². The molecule has 0 aliphatic rings. The number of para-hydroxylation sites is 1. The Morgan fingerprint density at radius 1 is 1.02 bits per heavy atom. The third kappa shape index (κ3) is 6.86. The molecule has 2 N–H and O–H groups in total. The SMILES string of the molecule is CN(C)S(=O)(=O)c1ccc(C(=O)NCc2nnc(SCC(=O)Nc3ccccc3F)n2-c2cccc(Cl)c2)cc1. The number of rotatable bonds is 10. The number of nitrogens with zero attached hydrogens (tertiary/aromatic N) is 4. The molecule has 4 aromatic rings. The minimum absolute atomic E-state index is 0.0297. The Morgan fingerprint density at radius 3 is 2.42 bits per heavy atom. The average Bonchev–Trinajstić information content (AvgIpc) is 3.34. The van der Waals surface area contributed by atoms with Crippen molar-refractivity contribution in [3.8, 4) is 5.69 Å². The summed E-state index contributed by atoms with van der Waals surface area (Å²) >= 11 is 7.27. The monoisotopic (exact) mass is 602 g/mol. The highest BCUT2D eigenvalue weighted by Gasteiger charge is 2.20. The van der Waals surface area contributed by atoms with Crippen LogP contribution < -0.4 is 10.6 Å². The van der Waals surface area contributed by atoms with Crippen molar-refractivity contribution >= 4 is 50.9 Å². The van der Waals surface area contributed by atoms with Crippen molar-refractivity contribution in [2.45, 2.75) is 16.6 Å². The molecule has 0 spiro atoms. The highest BCUT2D eigenvalue weighted by atomic mass is 35.5. The van der Waals surface area contributed by atoms with Gasteiger partial charge in [-0.15, -0.1) is 10.2 Å². The van der Waals surface area contributed by atoms with Gasteiger partial charge in [-0.05, 0) is 54.6 Å². The zero-order valence-electron chi connectivity index (χ0n) is 21.3. The molecular formula is C26H24ClFN6O4S2. The van der Waals surface area contributed by atoms with Crippen molar-refractivity contribution in [1.82, 2.24) is 24.4 Å². The van der Waals surface area contributed by atoms with E-state index in [0.29, 0.717) is 21.7 Å². The number of amides is 2. The maximum atomic E-state index is 13.9. The first-order chi connectivity index (χ1) is 19.1. The minimum atomic E-state index is -3.62. The second-order valence-corrected chi connectivity index (χ2v) is 12.1. The van der Waals surface area contributed by atoms with E-state index in [1.807, 2.05) is 0 Å². The van der Waals surface area contributed by atoms with Gasteiger partial charge in [-0.25, -0.2) is 17.1 Å². The third-order valence-electron chi connectivity index (χ3n) is 5.55. The number of hydrogen-bond donors (Lipinski definition) is 2. The Morgan fingerprint density at radius 2 is 1.75 bits per heavy atom. The summed E-state index contributed by atoms with van der Waals surface area (Å²) in [7, 11) is -0.774. The van der Waals surface area contributed by atoms with E-state index in [1.54, 1.807) is 34.9 Å². The van der Waals surface area contributed by atoms with Crippen LogP contribution >= 0.6 is 23.4 Å². The van der Waals surface area contributed by atoms with E-state index in [1.165, 1.54) is 56.6 Å². The largest absolute Gasteiger partial charge is 0.345 e. The molecule has 40 heavy (non-hydrogen) atoms. The number of nitrogens with one attached hydrogen (secondary N) is 2. The topological polar surface area (TPSA) is 126 Å². The second-order valence-electron chi connectivity index (χ2n) is 8.53. The number of sulfonamides is 1. The number of anilines is 1. The quantitative estimate of drug-likeness (QED) is 0.263. The van der Waals surface area contributed by atoms with Gasteiger partial charge in [0.05, 0.1) is 28.6 Å². The van der Waals surface area contributed by atoms with Crippen LogP contribution in [0.3, 0.4) is 0 Å². The molecule has 1 heterocycles. The van der Waals surface area contributed by atoms with Gasteiger partial charge < -0.3 is 10.6 Å². The minimum Gasteiger partial charge on any atom is -0.345 e. The van der Waals surface area contributed by atoms with E-state index in [2.05, 4.69) is 20.8 Å². The van der Waals surface area contributed by atoms with Gasteiger partial charge in [0, 0.05) is 24.7 Å². The summed E-state index contributed by atoms with van der Waals surface area (Å²) in [5, 5.41) is 14.5. The predicted octanol–water partition coefficient (Wildman–Crippen LogP) is 3.97. The summed E-state index contributed by atoms with van der Waals surface area (Å²) in [6.07, 6.45) is 0. The Hall–Kier alpha value is -3.78. The first-order valence-electron chi connectivity index (χ1n) is 11.7. The Kier molecular flexibility index (Phi) is 9.20. The van der Waals surface area contributed by atoms with Gasteiger partial charge in [0.2, 0.25) is 15.9 Å². The van der Waals surface area contributed by atoms with E-state index in [-0.39, 0.29) is 28.4 Å². The number of hydrogen-bond acceptors (Lipinski definition) is 7. The number of carbonyl (C=O) groups excluding carboxylic acids is 2. The van der Waals surface area contributed by atoms with Crippen LogP contribution in [0, 0.1) is 5.82 Å². The normalized spacial score (nSPS) is 11.4. The summed E-state index contributed by atoms with van der Waals surface area (Å²) in [6.45, 7) is -0.0297. The van der Waals surface area contributed by atoms with Crippen LogP contribution in [0.25, 0.3) is 5.69 Å². The van der Waals surface area contributed by atoms with E-state index in [9.17, 15) is 22.4 Å². The molecule has 14 heteroatoms. The molecule has 0 saturated heterocycles. The molecule has 0 radical (unpaired) electrons. The van der Waals surface area contributed by atoms with Crippen molar-refractivity contribution in [1.29, 1.82) is 0 Å². The number of thioether (sulfide) groups is 1. The van der Waals surface area contributed by atoms with Gasteiger partial charge in [0.15, 0.2) is 11.0 Å². The van der Waals surface area contributed by atoms with Crippen molar-refractivity contribution in [2.24, 2.45) is 0 Å². The molecule has 10 nitrogen and oxygen atoms in total. The molecule has 0 aliphatic carbocycles. The lowest BCUT2D eigenvalue weighted by atomic mass is 10.2. The van der Waals surface area contributed by atoms with Crippen molar-refractivity contribution < 1.29 is 22.4 Å². The predicted molar refractivity (Wildman–Crippen MR) is 151 cm³/mol. The Bertz CT molecular complexity index is 1650. The van der Waals surface area contributed by atoms with Gasteiger partial charge >= 0.3 is 0 Å². The highest BCUT2D eigenvalue weighted by Crippen LogP contribution is 2.25. The molecule has 0 aliphatic heterocycles. The van der Waals surface area contributed by atoms with Crippen LogP contribution in [0.4, 0.5) is 10.1 Å². The molecular weight excluding hydrogens is 579 g/mol. The highest BCUT2D eigenvalue weighted by molar-refractivity contribution is 7.99. The Balaban J connectivity index is 1.50. The number of benzene rings is 3. The van der Waals surface area contributed by atoms with E-state index in [4.69, 9.17) is 11.6 Å². The van der Waals surface area contributed by atoms with Crippen molar-refractivity contribution in [2.75, 3.05) is 25.2 Å². The smallest absolute Gasteiger partial charge is 0.251 e. The summed E-state index contributed by atoms with van der Waals surface area (Å²) in [6, 6.07) is 18.3. The Labute approximate surface area is 239 Å². The molecule has 0 bridgehead atoms. The number of carbonyl (C=O) groups is 2. The molecule has 2 amide bonds. The fourth-order valence-corrected chi connectivity index (χ4v) is 5.37. The molecule has 3 aromatic carbocycles. The molecule has 0 atom stereocenters. The van der Waals surface area contributed by atoms with Crippen LogP contribution in [0.5, 0.6) is 0 Å². The fourth-order valence-electron chi connectivity index (χ4n) is 3.51. The van der Waals surface area contributed by atoms with E-state index in [0.717, 1.165) is 16.1 Å². The van der Waals surface area contributed by atoms with E-state index < -0.39 is 27.7 Å². The van der Waals surface area contributed by atoms with Gasteiger partial charge in [-0.1, -0.05) is 41.6 Å². The van der Waals surface area contributed by atoms with Gasteiger partial charge in [0.1, 0.15) is 5.82 Å². The van der Waals surface area contributed by atoms with Crippen LogP contribution in [0.2, 0.25) is 5.02 Å². The zero-order valence-corrected chi connectivity index (χ0v) is 23.7. The molecule has 0 fully saturated rings. The average molecular weight is 603 g/mol. The lowest BCUT2D eigenvalue weighted by Gasteiger charge is -2.12. The van der Waals surface area contributed by atoms with Crippen LogP contribution in [-0.2, 0) is 21.4 Å². The summed E-state index contributed by atoms with van der Waals surface area (Å²) in [5.41, 5.74) is 0.933. The van der Waals surface area contributed by atoms with E-state index >= 15 is 0 Å². The molecule has 0 unspecified atom stereocenters. The lowest BCUT2D eigenvalue weighted by Crippen LogP contribution is -2.25. The van der Waals surface area contributed by atoms with Crippen LogP contribution in [-0.4, -0.2) is 59.2 Å². The van der Waals surface area contributed by atoms with Gasteiger partial charge in [-0.3, -0.25) is 14.2 Å². The third-order valence-corrected chi connectivity index (χ3v) is 8.54. The van der Waals surface area contributed by atoms with Gasteiger partial charge in [-0.2, -0.15) is 0 Å². The molecule has 4 rings (SSSR count). The maximum absolute atomic E-state index is 13.9. The van der Waals surface area contributed by atoms with Crippen molar-refractivity contribution in [3.05, 3.63) is 95.0 Å². The molecule has 1 aromatic heterocycles. The van der Waals surface area contributed by atoms with Crippen LogP contribution in [0.1, 0.15) is 16.2 Å². The first kappa shape index (κ1) is 29.2. The van der Waals surface area contributed by atoms with Gasteiger partial charge in [0.25, 0.3) is 5.91 Å². The first-order valence-corrected chi connectivity index (χ1v) is 14.5. The maximum Gasteiger partial charge on any atom is 0.251 e.